The van der Waals surface area contributed by atoms with Gasteiger partial charge in [0.15, 0.2) is 0 Å². The van der Waals surface area contributed by atoms with Gasteiger partial charge in [0.2, 0.25) is 0 Å². The SMILES string of the molecule is CC(C)(C)NC(N)=[Se].Cc1ccc(NC(N)=[Se])cc1. The third kappa shape index (κ3) is 12.0. The number of benzene rings is 1. The molecule has 6 N–H and O–H groups in total. The fourth-order valence-electron chi connectivity index (χ4n) is 1.15. The van der Waals surface area contributed by atoms with Crippen LogP contribution in [0.3, 0.4) is 0 Å². The molecule has 1 aromatic carbocycles. The minimum atomic E-state index is 0.0787. The van der Waals surface area contributed by atoms with Gasteiger partial charge in [-0.2, -0.15) is 0 Å². The van der Waals surface area contributed by atoms with Crippen molar-refractivity contribution in [1.29, 1.82) is 0 Å². The summed E-state index contributed by atoms with van der Waals surface area (Å²) in [5, 5.41) is 5.99. The molecule has 0 aliphatic carbocycles. The molecule has 4 nitrogen and oxygen atoms in total. The van der Waals surface area contributed by atoms with E-state index in [0.717, 1.165) is 5.69 Å². The van der Waals surface area contributed by atoms with Crippen LogP contribution >= 0.6 is 0 Å². The molecule has 0 spiro atoms. The zero-order chi connectivity index (χ0) is 15.1. The van der Waals surface area contributed by atoms with Crippen LogP contribution in [0, 0.1) is 6.92 Å². The van der Waals surface area contributed by atoms with E-state index in [2.05, 4.69) is 69.5 Å². The molecule has 106 valence electrons. The van der Waals surface area contributed by atoms with Gasteiger partial charge in [-0.15, -0.1) is 0 Å². The molecule has 0 saturated carbocycles. The van der Waals surface area contributed by atoms with Crippen molar-refractivity contribution in [3.8, 4) is 0 Å². The van der Waals surface area contributed by atoms with Gasteiger partial charge in [0.25, 0.3) is 0 Å². The molecular weight excluding hydrogens is 370 g/mol. The van der Waals surface area contributed by atoms with Gasteiger partial charge < -0.3 is 0 Å². The zero-order valence-corrected chi connectivity index (χ0v) is 15.2. The Hall–Kier alpha value is -0.801. The first-order valence-electron chi connectivity index (χ1n) is 5.81. The van der Waals surface area contributed by atoms with Crippen molar-refractivity contribution in [2.24, 2.45) is 11.5 Å². The van der Waals surface area contributed by atoms with Gasteiger partial charge in [0.1, 0.15) is 0 Å². The van der Waals surface area contributed by atoms with Crippen molar-refractivity contribution in [2.45, 2.75) is 33.2 Å². The monoisotopic (exact) mass is 394 g/mol. The fourth-order valence-corrected chi connectivity index (χ4v) is 2.04. The second-order valence-electron chi connectivity index (χ2n) is 5.09. The van der Waals surface area contributed by atoms with Crippen molar-refractivity contribution in [1.82, 2.24) is 5.32 Å². The average molecular weight is 392 g/mol. The molecule has 1 rings (SSSR count). The summed E-state index contributed by atoms with van der Waals surface area (Å²) < 4.78 is 1.24. The molecule has 0 unspecified atom stereocenters. The number of nitrogens with two attached hydrogens (primary N) is 2. The minimum absolute atomic E-state index is 0.0787. The molecule has 1 aromatic rings. The van der Waals surface area contributed by atoms with Gasteiger partial charge in [-0.1, -0.05) is 0 Å². The number of hydrogen-bond donors (Lipinski definition) is 4. The summed E-state index contributed by atoms with van der Waals surface area (Å²) in [4.78, 5) is 0. The van der Waals surface area contributed by atoms with Crippen LogP contribution in [0.25, 0.3) is 0 Å². The average Bonchev–Trinajstić information content (AvgIpc) is 2.18. The molecule has 0 saturated heterocycles. The maximum atomic E-state index is 5.41. The van der Waals surface area contributed by atoms with Gasteiger partial charge in [-0.3, -0.25) is 0 Å². The topological polar surface area (TPSA) is 76.1 Å². The zero-order valence-electron chi connectivity index (χ0n) is 11.8. The quantitative estimate of drug-likeness (QED) is 0.555. The van der Waals surface area contributed by atoms with Crippen molar-refractivity contribution in [3.63, 3.8) is 0 Å². The summed E-state index contributed by atoms with van der Waals surface area (Å²) in [5.41, 5.74) is 13.1. The standard InChI is InChI=1S/C8H10N2Se.C5H12N2Se/c1-6-2-4-7(5-3-6)10-8(9)11;1-5(2,3)7-4(6)8/h2-5H,1H3,(H3,9,10,11);1-3H3,(H3,6,7,8). The van der Waals surface area contributed by atoms with Gasteiger partial charge in [0.05, 0.1) is 0 Å². The maximum absolute atomic E-state index is 5.41. The Morgan fingerprint density at radius 2 is 1.47 bits per heavy atom. The van der Waals surface area contributed by atoms with Crippen LogP contribution in [0.15, 0.2) is 24.3 Å². The molecule has 0 amide bonds. The third-order valence-corrected chi connectivity index (χ3v) is 2.25. The molecule has 0 heterocycles. The van der Waals surface area contributed by atoms with E-state index >= 15 is 0 Å². The number of rotatable bonds is 3. The summed E-state index contributed by atoms with van der Waals surface area (Å²) in [5.74, 6) is 0. The predicted octanol–water partition coefficient (Wildman–Crippen LogP) is 0.211. The molecular formula is C13H22N4Se2. The van der Waals surface area contributed by atoms with Gasteiger partial charge in [0, 0.05) is 0 Å². The molecule has 19 heavy (non-hydrogen) atoms. The number of hydrogen-bond acceptors (Lipinski definition) is 4. The van der Waals surface area contributed by atoms with Crippen molar-refractivity contribution < 1.29 is 0 Å². The molecule has 6 heteroatoms. The predicted molar refractivity (Wildman–Crippen MR) is 87.6 cm³/mol. The van der Waals surface area contributed by atoms with Crippen molar-refractivity contribution >= 4 is 46.2 Å². The summed E-state index contributed by atoms with van der Waals surface area (Å²) >= 11 is 5.37. The van der Waals surface area contributed by atoms with Gasteiger partial charge in [-0.05, 0) is 0 Å². The first-order valence-corrected chi connectivity index (χ1v) is 7.52. The summed E-state index contributed by atoms with van der Waals surface area (Å²) in [6.45, 7) is 8.21. The molecule has 0 bridgehead atoms. The molecule has 0 atom stereocenters. The Labute approximate surface area is 131 Å². The fraction of sp³-hybridized carbons (Fsp3) is 0.385. The van der Waals surface area contributed by atoms with Crippen LogP contribution < -0.4 is 22.1 Å². The van der Waals surface area contributed by atoms with Crippen LogP contribution in [0.1, 0.15) is 26.3 Å². The second kappa shape index (κ2) is 8.39. The van der Waals surface area contributed by atoms with Gasteiger partial charge >= 0.3 is 131 Å². The van der Waals surface area contributed by atoms with Gasteiger partial charge in [-0.25, -0.2) is 0 Å². The Kier molecular flexibility index (Phi) is 8.03. The van der Waals surface area contributed by atoms with Crippen LogP contribution in [-0.2, 0) is 0 Å². The summed E-state index contributed by atoms with van der Waals surface area (Å²) in [7, 11) is 0. The summed E-state index contributed by atoms with van der Waals surface area (Å²) in [6, 6.07) is 8.04. The molecule has 0 fully saturated rings. The van der Waals surface area contributed by atoms with E-state index in [1.54, 1.807) is 0 Å². The summed E-state index contributed by atoms with van der Waals surface area (Å²) in [6.07, 6.45) is 0. The second-order valence-corrected chi connectivity index (χ2v) is 6.94. The van der Waals surface area contributed by atoms with Crippen LogP contribution in [0.5, 0.6) is 0 Å². The number of aryl methyl sites for hydroxylation is 1. The van der Waals surface area contributed by atoms with Crippen LogP contribution in [0.2, 0.25) is 0 Å². The van der Waals surface area contributed by atoms with E-state index in [1.807, 2.05) is 24.3 Å². The number of nitrogens with one attached hydrogen (secondary N) is 2. The van der Waals surface area contributed by atoms with E-state index in [0.29, 0.717) is 9.33 Å². The molecule has 0 aromatic heterocycles. The van der Waals surface area contributed by atoms with E-state index in [1.165, 1.54) is 5.56 Å². The van der Waals surface area contributed by atoms with Crippen LogP contribution in [0.4, 0.5) is 5.69 Å². The number of anilines is 1. The Balaban J connectivity index is 0.000000362. The molecule has 0 radical (unpaired) electrons. The van der Waals surface area contributed by atoms with E-state index in [9.17, 15) is 0 Å². The Morgan fingerprint density at radius 1 is 1.00 bits per heavy atom. The first-order chi connectivity index (χ1) is 8.60. The van der Waals surface area contributed by atoms with Crippen molar-refractivity contribution in [2.75, 3.05) is 5.32 Å². The van der Waals surface area contributed by atoms with E-state index in [-0.39, 0.29) is 5.54 Å². The van der Waals surface area contributed by atoms with Crippen molar-refractivity contribution in [3.05, 3.63) is 29.8 Å². The molecule has 0 aliphatic heterocycles. The Morgan fingerprint density at radius 3 is 1.74 bits per heavy atom. The normalized spacial score (nSPS) is 9.89. The third-order valence-electron chi connectivity index (χ3n) is 1.82. The first kappa shape index (κ1) is 18.2. The van der Waals surface area contributed by atoms with E-state index in [4.69, 9.17) is 11.5 Å². The van der Waals surface area contributed by atoms with Crippen LogP contribution in [-0.4, -0.2) is 46.0 Å². The van der Waals surface area contributed by atoms with E-state index < -0.39 is 0 Å². The Bertz CT molecular complexity index is 421. The molecule has 0 aliphatic rings.